The maximum Gasteiger partial charge on any atom is 0.228 e. The highest BCUT2D eigenvalue weighted by Gasteiger charge is 2.71. The molecule has 3 atom stereocenters. The second-order valence-electron chi connectivity index (χ2n) is 4.72. The molecule has 0 saturated carbocycles. The first-order chi connectivity index (χ1) is 7.02. The first kappa shape index (κ1) is 10.5. The van der Waals surface area contributed by atoms with Crippen LogP contribution in [0.2, 0.25) is 0 Å². The zero-order chi connectivity index (χ0) is 11.3. The fourth-order valence-electron chi connectivity index (χ4n) is 3.10. The Hall–Kier alpha value is -0.990. The highest BCUT2D eigenvalue weighted by atomic mass is 16.5. The number of fused-ring (bicyclic) bond motifs is 1. The summed E-state index contributed by atoms with van der Waals surface area (Å²) < 4.78 is 5.70. The quantitative estimate of drug-likeness (QED) is 0.772. The summed E-state index contributed by atoms with van der Waals surface area (Å²) in [4.78, 5) is 11.9. The lowest BCUT2D eigenvalue weighted by Gasteiger charge is -2.55. The molecular formula is C12H19NO2. The van der Waals surface area contributed by atoms with Gasteiger partial charge in [0.05, 0.1) is 5.92 Å². The molecule has 2 rings (SSSR count). The Bertz CT molecular complexity index is 326. The minimum atomic E-state index is -0.369. The Labute approximate surface area is 90.9 Å². The van der Waals surface area contributed by atoms with E-state index in [2.05, 4.69) is 25.7 Å². The van der Waals surface area contributed by atoms with Gasteiger partial charge in [0.2, 0.25) is 5.91 Å². The SMILES string of the molecule is C=C1O[C@@]2(C)[C@@H](CCC)C(=O)N[C@@]12CC. The fourth-order valence-corrected chi connectivity index (χ4v) is 3.10. The molecule has 1 amide bonds. The van der Waals surface area contributed by atoms with Gasteiger partial charge in [0.15, 0.2) is 0 Å². The summed E-state index contributed by atoms with van der Waals surface area (Å²) in [7, 11) is 0. The summed E-state index contributed by atoms with van der Waals surface area (Å²) in [6, 6.07) is 0. The van der Waals surface area contributed by atoms with Gasteiger partial charge in [-0.2, -0.15) is 0 Å². The van der Waals surface area contributed by atoms with Crippen molar-refractivity contribution < 1.29 is 9.53 Å². The van der Waals surface area contributed by atoms with Crippen LogP contribution in [0, 0.1) is 5.92 Å². The molecule has 84 valence electrons. The molecule has 15 heavy (non-hydrogen) atoms. The van der Waals surface area contributed by atoms with Crippen LogP contribution in [0.4, 0.5) is 0 Å². The highest BCUT2D eigenvalue weighted by molar-refractivity contribution is 5.86. The van der Waals surface area contributed by atoms with Crippen molar-refractivity contribution in [1.29, 1.82) is 0 Å². The molecule has 3 nitrogen and oxygen atoms in total. The van der Waals surface area contributed by atoms with E-state index in [0.717, 1.165) is 25.0 Å². The lowest BCUT2D eigenvalue weighted by molar-refractivity contribution is -0.162. The van der Waals surface area contributed by atoms with Crippen molar-refractivity contribution in [2.45, 2.75) is 51.2 Å². The van der Waals surface area contributed by atoms with Crippen molar-refractivity contribution in [3.63, 3.8) is 0 Å². The number of carbonyl (C=O) groups is 1. The van der Waals surface area contributed by atoms with Gasteiger partial charge in [-0.25, -0.2) is 0 Å². The monoisotopic (exact) mass is 209 g/mol. The molecule has 2 aliphatic rings. The molecule has 1 N–H and O–H groups in total. The second-order valence-corrected chi connectivity index (χ2v) is 4.72. The topological polar surface area (TPSA) is 38.3 Å². The van der Waals surface area contributed by atoms with Gasteiger partial charge in [-0.15, -0.1) is 0 Å². The van der Waals surface area contributed by atoms with Crippen LogP contribution in [-0.2, 0) is 9.53 Å². The zero-order valence-electron chi connectivity index (χ0n) is 9.72. The smallest absolute Gasteiger partial charge is 0.228 e. The molecule has 2 saturated heterocycles. The van der Waals surface area contributed by atoms with Crippen molar-refractivity contribution in [3.05, 3.63) is 12.3 Å². The van der Waals surface area contributed by atoms with Gasteiger partial charge in [0.1, 0.15) is 16.9 Å². The Morgan fingerprint density at radius 1 is 1.53 bits per heavy atom. The number of nitrogens with one attached hydrogen (secondary N) is 1. The minimum Gasteiger partial charge on any atom is -0.486 e. The summed E-state index contributed by atoms with van der Waals surface area (Å²) in [5.74, 6) is 0.826. The summed E-state index contributed by atoms with van der Waals surface area (Å²) in [6.07, 6.45) is 2.74. The molecule has 0 radical (unpaired) electrons. The van der Waals surface area contributed by atoms with E-state index >= 15 is 0 Å². The van der Waals surface area contributed by atoms with Gasteiger partial charge in [-0.1, -0.05) is 26.8 Å². The summed E-state index contributed by atoms with van der Waals surface area (Å²) in [6.45, 7) is 10.1. The Kier molecular flexibility index (Phi) is 2.11. The van der Waals surface area contributed by atoms with E-state index < -0.39 is 0 Å². The Balaban J connectivity index is 2.34. The molecule has 2 fully saturated rings. The van der Waals surface area contributed by atoms with E-state index in [1.54, 1.807) is 0 Å². The van der Waals surface area contributed by atoms with Crippen LogP contribution < -0.4 is 5.32 Å². The Morgan fingerprint density at radius 3 is 2.60 bits per heavy atom. The van der Waals surface area contributed by atoms with Crippen molar-refractivity contribution in [3.8, 4) is 0 Å². The number of carbonyl (C=O) groups excluding carboxylic acids is 1. The second kappa shape index (κ2) is 3.00. The third kappa shape index (κ3) is 0.985. The molecule has 0 unspecified atom stereocenters. The summed E-state index contributed by atoms with van der Waals surface area (Å²) >= 11 is 0. The average Bonchev–Trinajstić information content (AvgIpc) is 2.36. The van der Waals surface area contributed by atoms with E-state index in [9.17, 15) is 4.79 Å². The summed E-state index contributed by atoms with van der Waals surface area (Å²) in [5.41, 5.74) is -0.671. The van der Waals surface area contributed by atoms with Gasteiger partial charge in [-0.05, 0) is 19.8 Å². The number of hydrogen-bond acceptors (Lipinski definition) is 2. The molecule has 0 aromatic carbocycles. The predicted molar refractivity (Wildman–Crippen MR) is 58.2 cm³/mol. The van der Waals surface area contributed by atoms with Crippen LogP contribution in [0.5, 0.6) is 0 Å². The molecule has 0 aromatic heterocycles. The van der Waals surface area contributed by atoms with Gasteiger partial charge in [0.25, 0.3) is 0 Å². The molecule has 0 spiro atoms. The van der Waals surface area contributed by atoms with Gasteiger partial charge >= 0.3 is 0 Å². The molecular weight excluding hydrogens is 190 g/mol. The van der Waals surface area contributed by atoms with Gasteiger partial charge in [-0.3, -0.25) is 4.79 Å². The summed E-state index contributed by atoms with van der Waals surface area (Å²) in [5, 5.41) is 3.08. The number of hydrogen-bond donors (Lipinski definition) is 1. The lowest BCUT2D eigenvalue weighted by atomic mass is 9.68. The zero-order valence-corrected chi connectivity index (χ0v) is 9.72. The minimum absolute atomic E-state index is 0.0204. The average molecular weight is 209 g/mol. The molecule has 0 aliphatic carbocycles. The largest absolute Gasteiger partial charge is 0.486 e. The first-order valence-corrected chi connectivity index (χ1v) is 5.72. The van der Waals surface area contributed by atoms with Gasteiger partial charge in [0, 0.05) is 0 Å². The van der Waals surface area contributed by atoms with Crippen LogP contribution in [0.25, 0.3) is 0 Å². The van der Waals surface area contributed by atoms with Gasteiger partial charge < -0.3 is 10.1 Å². The van der Waals surface area contributed by atoms with Crippen LogP contribution in [0.3, 0.4) is 0 Å². The standard InChI is InChI=1S/C12H19NO2/c1-5-7-9-10(14)13-12(6-2)8(3)15-11(9,12)4/h9H,3,5-7H2,1-2,4H3,(H,13,14)/t9-,11-,12-/m0/s1. The molecule has 3 heteroatoms. The van der Waals surface area contributed by atoms with Crippen LogP contribution in [0.15, 0.2) is 12.3 Å². The number of ether oxygens (including phenoxy) is 1. The van der Waals surface area contributed by atoms with Crippen molar-refractivity contribution in [1.82, 2.24) is 5.32 Å². The van der Waals surface area contributed by atoms with E-state index in [0.29, 0.717) is 0 Å². The predicted octanol–water partition coefficient (Wildman–Crippen LogP) is 1.98. The van der Waals surface area contributed by atoms with E-state index in [-0.39, 0.29) is 23.0 Å². The Morgan fingerprint density at radius 2 is 2.20 bits per heavy atom. The molecule has 2 aliphatic heterocycles. The highest BCUT2D eigenvalue weighted by Crippen LogP contribution is 2.56. The van der Waals surface area contributed by atoms with E-state index in [4.69, 9.17) is 4.74 Å². The third-order valence-corrected chi connectivity index (χ3v) is 4.08. The van der Waals surface area contributed by atoms with Crippen LogP contribution in [-0.4, -0.2) is 17.0 Å². The molecule has 0 aromatic rings. The maximum absolute atomic E-state index is 11.9. The first-order valence-electron chi connectivity index (χ1n) is 5.72. The van der Waals surface area contributed by atoms with Crippen molar-refractivity contribution >= 4 is 5.91 Å². The lowest BCUT2D eigenvalue weighted by Crippen LogP contribution is -2.68. The fraction of sp³-hybridized carbons (Fsp3) is 0.750. The molecule has 0 bridgehead atoms. The van der Waals surface area contributed by atoms with Crippen molar-refractivity contribution in [2.24, 2.45) is 5.92 Å². The third-order valence-electron chi connectivity index (χ3n) is 4.08. The number of amides is 1. The normalized spacial score (nSPS) is 43.0. The molecule has 2 heterocycles. The van der Waals surface area contributed by atoms with E-state index in [1.165, 1.54) is 0 Å². The number of rotatable bonds is 3. The maximum atomic E-state index is 11.9. The van der Waals surface area contributed by atoms with Crippen molar-refractivity contribution in [2.75, 3.05) is 0 Å². The van der Waals surface area contributed by atoms with E-state index in [1.807, 2.05) is 6.92 Å². The van der Waals surface area contributed by atoms with Crippen LogP contribution >= 0.6 is 0 Å². The van der Waals surface area contributed by atoms with Crippen LogP contribution in [0.1, 0.15) is 40.0 Å².